The standard InChI is InChI=1S/C25H25FN4O3/c1-3-13-30-20-15-29(14-12-21(31)27-19-10-8-18(26)9-11-19)24(32)22(20)23(28-25(30)33)17-6-4-16(2)5-7-17/h3-11,23H,1,12-15H2,2H3,(H,27,31)(H,28,33). The van der Waals surface area contributed by atoms with Crippen LogP contribution in [-0.4, -0.2) is 47.3 Å². The maximum atomic E-state index is 13.3. The van der Waals surface area contributed by atoms with Crippen LogP contribution in [0.1, 0.15) is 23.6 Å². The molecule has 2 aromatic carbocycles. The number of rotatable bonds is 7. The third-order valence-corrected chi connectivity index (χ3v) is 5.76. The lowest BCUT2D eigenvalue weighted by Crippen LogP contribution is -2.47. The van der Waals surface area contributed by atoms with E-state index in [2.05, 4.69) is 17.2 Å². The molecule has 2 aliphatic rings. The van der Waals surface area contributed by atoms with Crippen LogP contribution >= 0.6 is 0 Å². The van der Waals surface area contributed by atoms with Crippen molar-refractivity contribution in [1.82, 2.24) is 15.1 Å². The molecule has 0 fully saturated rings. The Morgan fingerprint density at radius 3 is 2.55 bits per heavy atom. The zero-order chi connectivity index (χ0) is 23.5. The van der Waals surface area contributed by atoms with E-state index in [0.717, 1.165) is 11.1 Å². The normalized spacial score (nSPS) is 17.7. The lowest BCUT2D eigenvalue weighted by molar-refractivity contribution is -0.126. The van der Waals surface area contributed by atoms with Crippen molar-refractivity contribution >= 4 is 23.5 Å². The average Bonchev–Trinajstić information content (AvgIpc) is 3.12. The lowest BCUT2D eigenvalue weighted by atomic mass is 9.95. The molecule has 0 saturated heterocycles. The first kappa shape index (κ1) is 22.3. The van der Waals surface area contributed by atoms with Crippen molar-refractivity contribution in [3.63, 3.8) is 0 Å². The third kappa shape index (κ3) is 4.64. The zero-order valence-corrected chi connectivity index (χ0v) is 18.3. The van der Waals surface area contributed by atoms with Crippen molar-refractivity contribution in [3.05, 3.63) is 89.4 Å². The van der Waals surface area contributed by atoms with E-state index in [4.69, 9.17) is 0 Å². The summed E-state index contributed by atoms with van der Waals surface area (Å²) in [6, 6.07) is 12.3. The summed E-state index contributed by atoms with van der Waals surface area (Å²) in [7, 11) is 0. The van der Waals surface area contributed by atoms with Crippen LogP contribution in [0.5, 0.6) is 0 Å². The molecule has 2 heterocycles. The van der Waals surface area contributed by atoms with Crippen molar-refractivity contribution in [2.75, 3.05) is 25.0 Å². The van der Waals surface area contributed by atoms with E-state index in [1.165, 1.54) is 29.2 Å². The monoisotopic (exact) mass is 448 g/mol. The number of benzene rings is 2. The van der Waals surface area contributed by atoms with Gasteiger partial charge in [0.2, 0.25) is 5.91 Å². The second-order valence-electron chi connectivity index (χ2n) is 8.08. The number of carbonyl (C=O) groups is 3. The highest BCUT2D eigenvalue weighted by Gasteiger charge is 2.43. The number of aryl methyl sites for hydroxylation is 1. The lowest BCUT2D eigenvalue weighted by Gasteiger charge is -2.33. The zero-order valence-electron chi connectivity index (χ0n) is 18.3. The van der Waals surface area contributed by atoms with E-state index in [9.17, 15) is 18.8 Å². The Labute approximate surface area is 191 Å². The number of carbonyl (C=O) groups excluding carboxylic acids is 3. The van der Waals surface area contributed by atoms with E-state index in [-0.39, 0.29) is 49.7 Å². The summed E-state index contributed by atoms with van der Waals surface area (Å²) < 4.78 is 13.1. The largest absolute Gasteiger partial charge is 0.332 e. The molecule has 33 heavy (non-hydrogen) atoms. The number of hydrogen-bond acceptors (Lipinski definition) is 3. The summed E-state index contributed by atoms with van der Waals surface area (Å²) in [6.45, 7) is 6.39. The van der Waals surface area contributed by atoms with Gasteiger partial charge in [-0.3, -0.25) is 14.5 Å². The van der Waals surface area contributed by atoms with Crippen LogP contribution in [-0.2, 0) is 9.59 Å². The Morgan fingerprint density at radius 1 is 1.18 bits per heavy atom. The average molecular weight is 448 g/mol. The van der Waals surface area contributed by atoms with Gasteiger partial charge in [-0.1, -0.05) is 35.9 Å². The number of anilines is 1. The molecular weight excluding hydrogens is 423 g/mol. The minimum Gasteiger partial charge on any atom is -0.332 e. The number of amides is 4. The first-order valence-electron chi connectivity index (χ1n) is 10.7. The van der Waals surface area contributed by atoms with E-state index in [0.29, 0.717) is 17.0 Å². The molecule has 0 radical (unpaired) electrons. The Kier molecular flexibility index (Phi) is 6.26. The third-order valence-electron chi connectivity index (χ3n) is 5.76. The first-order valence-corrected chi connectivity index (χ1v) is 10.7. The molecule has 170 valence electrons. The fraction of sp³-hybridized carbons (Fsp3) is 0.240. The van der Waals surface area contributed by atoms with Gasteiger partial charge in [-0.2, -0.15) is 0 Å². The fourth-order valence-electron chi connectivity index (χ4n) is 4.05. The first-order chi connectivity index (χ1) is 15.9. The minimum atomic E-state index is -0.556. The molecule has 2 aromatic rings. The van der Waals surface area contributed by atoms with Crippen LogP contribution in [0, 0.1) is 12.7 Å². The molecule has 1 unspecified atom stereocenters. The van der Waals surface area contributed by atoms with Gasteiger partial charge >= 0.3 is 6.03 Å². The van der Waals surface area contributed by atoms with Crippen LogP contribution in [0.4, 0.5) is 14.9 Å². The molecule has 4 rings (SSSR count). The minimum absolute atomic E-state index is 0.0711. The molecule has 0 spiro atoms. The quantitative estimate of drug-likeness (QED) is 0.636. The van der Waals surface area contributed by atoms with Crippen molar-refractivity contribution in [1.29, 1.82) is 0 Å². The second-order valence-corrected chi connectivity index (χ2v) is 8.08. The number of hydrogen-bond donors (Lipinski definition) is 2. The predicted octanol–water partition coefficient (Wildman–Crippen LogP) is 3.51. The van der Waals surface area contributed by atoms with E-state index < -0.39 is 6.04 Å². The van der Waals surface area contributed by atoms with Gasteiger partial charge in [0.25, 0.3) is 5.91 Å². The molecule has 4 amide bonds. The molecule has 0 aliphatic carbocycles. The van der Waals surface area contributed by atoms with Crippen LogP contribution in [0.3, 0.4) is 0 Å². The van der Waals surface area contributed by atoms with Gasteiger partial charge in [0.15, 0.2) is 0 Å². The van der Waals surface area contributed by atoms with Crippen molar-refractivity contribution in [2.24, 2.45) is 0 Å². The van der Waals surface area contributed by atoms with Gasteiger partial charge in [0.1, 0.15) is 5.82 Å². The summed E-state index contributed by atoms with van der Waals surface area (Å²) >= 11 is 0. The highest BCUT2D eigenvalue weighted by molar-refractivity contribution is 6.02. The molecule has 1 atom stereocenters. The van der Waals surface area contributed by atoms with Gasteiger partial charge in [-0.15, -0.1) is 6.58 Å². The fourth-order valence-corrected chi connectivity index (χ4v) is 4.05. The van der Waals surface area contributed by atoms with Gasteiger partial charge in [-0.05, 0) is 36.8 Å². The Balaban J connectivity index is 1.50. The van der Waals surface area contributed by atoms with Crippen LogP contribution in [0.2, 0.25) is 0 Å². The summed E-state index contributed by atoms with van der Waals surface area (Å²) in [5.41, 5.74) is 3.53. The Hall–Kier alpha value is -3.94. The predicted molar refractivity (Wildman–Crippen MR) is 123 cm³/mol. The highest BCUT2D eigenvalue weighted by Crippen LogP contribution is 2.36. The second kappa shape index (κ2) is 9.28. The molecule has 8 heteroatoms. The SMILES string of the molecule is C=CCN1C(=O)NC(c2ccc(C)cc2)C2=C1CN(CCC(=O)Nc1ccc(F)cc1)C2=O. The summed E-state index contributed by atoms with van der Waals surface area (Å²) in [5.74, 6) is -0.881. The summed E-state index contributed by atoms with van der Waals surface area (Å²) in [4.78, 5) is 41.6. The highest BCUT2D eigenvalue weighted by atomic mass is 19.1. The number of nitrogens with one attached hydrogen (secondary N) is 2. The summed E-state index contributed by atoms with van der Waals surface area (Å²) in [5, 5.41) is 5.63. The van der Waals surface area contributed by atoms with Crippen molar-refractivity contribution in [2.45, 2.75) is 19.4 Å². The van der Waals surface area contributed by atoms with E-state index in [1.807, 2.05) is 31.2 Å². The summed E-state index contributed by atoms with van der Waals surface area (Å²) in [6.07, 6.45) is 1.68. The number of nitrogens with zero attached hydrogens (tertiary/aromatic N) is 2. The Morgan fingerprint density at radius 2 is 1.88 bits per heavy atom. The topological polar surface area (TPSA) is 81.8 Å². The van der Waals surface area contributed by atoms with Gasteiger partial charge in [0, 0.05) is 25.2 Å². The maximum absolute atomic E-state index is 13.3. The smallest absolute Gasteiger partial charge is 0.322 e. The van der Waals surface area contributed by atoms with Crippen LogP contribution < -0.4 is 10.6 Å². The van der Waals surface area contributed by atoms with Gasteiger partial charge in [-0.25, -0.2) is 9.18 Å². The molecule has 7 nitrogen and oxygen atoms in total. The van der Waals surface area contributed by atoms with Gasteiger partial charge < -0.3 is 15.5 Å². The van der Waals surface area contributed by atoms with Crippen LogP contribution in [0.25, 0.3) is 0 Å². The number of halogens is 1. The number of urea groups is 1. The van der Waals surface area contributed by atoms with E-state index in [1.54, 1.807) is 11.0 Å². The Bertz CT molecular complexity index is 1130. The van der Waals surface area contributed by atoms with E-state index >= 15 is 0 Å². The molecule has 2 aliphatic heterocycles. The molecule has 0 saturated carbocycles. The molecule has 0 bridgehead atoms. The van der Waals surface area contributed by atoms with Gasteiger partial charge in [0.05, 0.1) is 23.9 Å². The van der Waals surface area contributed by atoms with Crippen molar-refractivity contribution in [3.8, 4) is 0 Å². The van der Waals surface area contributed by atoms with Crippen LogP contribution in [0.15, 0.2) is 72.5 Å². The molecule has 2 N–H and O–H groups in total. The van der Waals surface area contributed by atoms with Crippen molar-refractivity contribution < 1.29 is 18.8 Å². The molecular formula is C25H25FN4O3. The molecule has 0 aromatic heterocycles. The maximum Gasteiger partial charge on any atom is 0.322 e.